The highest BCUT2D eigenvalue weighted by Crippen LogP contribution is 2.28. The predicted octanol–water partition coefficient (Wildman–Crippen LogP) is 2.30. The van der Waals surface area contributed by atoms with E-state index in [0.29, 0.717) is 30.3 Å². The van der Waals surface area contributed by atoms with Crippen LogP contribution < -0.4 is 0 Å². The molecule has 1 aromatic heterocycles. The number of benzene rings is 1. The van der Waals surface area contributed by atoms with Gasteiger partial charge in [0.1, 0.15) is 17.4 Å². The zero-order valence-corrected chi connectivity index (χ0v) is 12.2. The van der Waals surface area contributed by atoms with Gasteiger partial charge >= 0.3 is 0 Å². The molecule has 1 unspecified atom stereocenters. The summed E-state index contributed by atoms with van der Waals surface area (Å²) in [4.78, 5) is 9.53. The Bertz CT molecular complexity index is 725. The molecule has 6 heteroatoms. The third kappa shape index (κ3) is 2.16. The molecule has 2 aromatic rings. The first-order chi connectivity index (χ1) is 10.7. The van der Waals surface area contributed by atoms with E-state index < -0.39 is 0 Å². The number of nitrogens with one attached hydrogen (secondary N) is 2. The number of para-hydroxylation sites is 2. The van der Waals surface area contributed by atoms with Crippen LogP contribution in [0, 0.1) is 5.41 Å². The van der Waals surface area contributed by atoms with E-state index in [1.165, 1.54) is 0 Å². The highest BCUT2D eigenvalue weighted by Gasteiger charge is 2.32. The van der Waals surface area contributed by atoms with Crippen molar-refractivity contribution < 1.29 is 9.84 Å². The number of aromatic amines is 1. The van der Waals surface area contributed by atoms with Crippen LogP contribution in [0.5, 0.6) is 0 Å². The first-order valence-electron chi connectivity index (χ1n) is 7.55. The molecule has 0 aliphatic carbocycles. The van der Waals surface area contributed by atoms with Gasteiger partial charge in [0.25, 0.3) is 0 Å². The van der Waals surface area contributed by atoms with Crippen molar-refractivity contribution in [3.05, 3.63) is 35.8 Å². The van der Waals surface area contributed by atoms with Gasteiger partial charge in [-0.1, -0.05) is 12.1 Å². The Kier molecular flexibility index (Phi) is 3.11. The molecule has 1 saturated heterocycles. The van der Waals surface area contributed by atoms with Gasteiger partial charge in [-0.15, -0.1) is 0 Å². The van der Waals surface area contributed by atoms with Gasteiger partial charge in [0.2, 0.25) is 0 Å². The van der Waals surface area contributed by atoms with Crippen molar-refractivity contribution >= 4 is 22.4 Å². The SMILES string of the molecule is N=C1C(c2nc3ccccc3[nH]2)=C(O)CN1CC1CCCO1. The van der Waals surface area contributed by atoms with E-state index in [4.69, 9.17) is 10.1 Å². The summed E-state index contributed by atoms with van der Waals surface area (Å²) < 4.78 is 5.63. The number of amidine groups is 1. The van der Waals surface area contributed by atoms with Crippen molar-refractivity contribution in [2.45, 2.75) is 18.9 Å². The van der Waals surface area contributed by atoms with Crippen LogP contribution in [0.3, 0.4) is 0 Å². The Balaban J connectivity index is 1.60. The molecule has 6 nitrogen and oxygen atoms in total. The Hall–Kier alpha value is -2.34. The van der Waals surface area contributed by atoms with Gasteiger partial charge in [-0.25, -0.2) is 4.98 Å². The molecule has 114 valence electrons. The quantitative estimate of drug-likeness (QED) is 0.811. The molecule has 4 rings (SSSR count). The van der Waals surface area contributed by atoms with E-state index in [-0.39, 0.29) is 11.9 Å². The van der Waals surface area contributed by atoms with E-state index in [1.54, 1.807) is 0 Å². The summed E-state index contributed by atoms with van der Waals surface area (Å²) in [6.45, 7) is 1.79. The van der Waals surface area contributed by atoms with E-state index in [9.17, 15) is 5.11 Å². The predicted molar refractivity (Wildman–Crippen MR) is 83.9 cm³/mol. The average Bonchev–Trinajstić information content (AvgIpc) is 3.19. The number of H-pyrrole nitrogens is 1. The normalized spacial score (nSPS) is 22.3. The number of nitrogens with zero attached hydrogens (tertiary/aromatic N) is 2. The van der Waals surface area contributed by atoms with E-state index in [1.807, 2.05) is 29.2 Å². The standard InChI is InChI=1S/C16H18N4O2/c17-15-14(16-18-11-5-1-2-6-12(11)19-16)13(21)9-20(15)8-10-4-3-7-22-10/h1-2,5-6,10,17,21H,3-4,7-9H2,(H,18,19). The molecule has 0 amide bonds. The lowest BCUT2D eigenvalue weighted by atomic mass is 10.2. The van der Waals surface area contributed by atoms with Crippen LogP contribution >= 0.6 is 0 Å². The Morgan fingerprint density at radius 2 is 2.27 bits per heavy atom. The van der Waals surface area contributed by atoms with Crippen LogP contribution in [0.15, 0.2) is 30.0 Å². The number of aliphatic hydroxyl groups excluding tert-OH is 1. The molecule has 2 aliphatic rings. The van der Waals surface area contributed by atoms with Gasteiger partial charge < -0.3 is 19.7 Å². The largest absolute Gasteiger partial charge is 0.510 e. The number of rotatable bonds is 3. The van der Waals surface area contributed by atoms with E-state index in [2.05, 4.69) is 9.97 Å². The van der Waals surface area contributed by atoms with Crippen molar-refractivity contribution in [1.29, 1.82) is 5.41 Å². The van der Waals surface area contributed by atoms with Gasteiger partial charge in [-0.3, -0.25) is 5.41 Å². The van der Waals surface area contributed by atoms with Gasteiger partial charge in [-0.05, 0) is 25.0 Å². The Morgan fingerprint density at radius 1 is 1.41 bits per heavy atom. The number of ether oxygens (including phenoxy) is 1. The lowest BCUT2D eigenvalue weighted by molar-refractivity contribution is 0.0924. The zero-order chi connectivity index (χ0) is 15.1. The van der Waals surface area contributed by atoms with Crippen molar-refractivity contribution in [3.63, 3.8) is 0 Å². The molecule has 0 spiro atoms. The zero-order valence-electron chi connectivity index (χ0n) is 12.2. The first kappa shape index (κ1) is 13.3. The van der Waals surface area contributed by atoms with Gasteiger partial charge in [0, 0.05) is 13.2 Å². The maximum absolute atomic E-state index is 10.3. The van der Waals surface area contributed by atoms with Crippen LogP contribution in [0.2, 0.25) is 0 Å². The topological polar surface area (TPSA) is 85.2 Å². The second-order valence-electron chi connectivity index (χ2n) is 5.79. The monoisotopic (exact) mass is 298 g/mol. The van der Waals surface area contributed by atoms with E-state index >= 15 is 0 Å². The van der Waals surface area contributed by atoms with Gasteiger partial charge in [0.05, 0.1) is 29.3 Å². The maximum atomic E-state index is 10.3. The minimum atomic E-state index is 0.156. The Morgan fingerprint density at radius 3 is 3.05 bits per heavy atom. The van der Waals surface area contributed by atoms with Gasteiger partial charge in [0.15, 0.2) is 0 Å². The van der Waals surface area contributed by atoms with Crippen LogP contribution in [-0.2, 0) is 4.74 Å². The fraction of sp³-hybridized carbons (Fsp3) is 0.375. The summed E-state index contributed by atoms with van der Waals surface area (Å²) in [5.74, 6) is 1.06. The number of imidazole rings is 1. The summed E-state index contributed by atoms with van der Waals surface area (Å²) in [6.07, 6.45) is 2.25. The molecule has 0 radical (unpaired) electrons. The summed E-state index contributed by atoms with van der Waals surface area (Å²) >= 11 is 0. The minimum Gasteiger partial charge on any atom is -0.510 e. The molecule has 1 fully saturated rings. The van der Waals surface area contributed by atoms with Crippen molar-refractivity contribution in [1.82, 2.24) is 14.9 Å². The molecule has 0 saturated carbocycles. The second kappa shape index (κ2) is 5.14. The average molecular weight is 298 g/mol. The smallest absolute Gasteiger partial charge is 0.145 e. The van der Waals surface area contributed by atoms with Crippen LogP contribution in [-0.4, -0.2) is 51.6 Å². The Labute approximate surface area is 127 Å². The third-order valence-electron chi connectivity index (χ3n) is 4.26. The summed E-state index contributed by atoms with van der Waals surface area (Å²) in [5, 5.41) is 18.6. The molecular weight excluding hydrogens is 280 g/mol. The number of hydrogen-bond acceptors (Lipinski definition) is 4. The van der Waals surface area contributed by atoms with Crippen LogP contribution in [0.1, 0.15) is 18.7 Å². The highest BCUT2D eigenvalue weighted by molar-refractivity contribution is 6.23. The molecule has 0 bridgehead atoms. The fourth-order valence-electron chi connectivity index (χ4n) is 3.14. The van der Waals surface area contributed by atoms with Crippen molar-refractivity contribution in [2.24, 2.45) is 0 Å². The highest BCUT2D eigenvalue weighted by atomic mass is 16.5. The van der Waals surface area contributed by atoms with Crippen LogP contribution in [0.25, 0.3) is 16.6 Å². The maximum Gasteiger partial charge on any atom is 0.145 e. The molecule has 2 aliphatic heterocycles. The number of fused-ring (bicyclic) bond motifs is 1. The molecule has 3 N–H and O–H groups in total. The molecule has 22 heavy (non-hydrogen) atoms. The number of aromatic nitrogens is 2. The lowest BCUT2D eigenvalue weighted by Crippen LogP contribution is -2.34. The summed E-state index contributed by atoms with van der Waals surface area (Å²) in [7, 11) is 0. The first-order valence-corrected chi connectivity index (χ1v) is 7.55. The minimum absolute atomic E-state index is 0.156. The van der Waals surface area contributed by atoms with Crippen molar-refractivity contribution in [2.75, 3.05) is 19.7 Å². The molecule has 1 atom stereocenters. The number of aliphatic hydroxyl groups is 1. The molecule has 1 aromatic carbocycles. The summed E-state index contributed by atoms with van der Waals surface area (Å²) in [6, 6.07) is 7.70. The van der Waals surface area contributed by atoms with Crippen LogP contribution in [0.4, 0.5) is 0 Å². The second-order valence-corrected chi connectivity index (χ2v) is 5.79. The molecular formula is C16H18N4O2. The third-order valence-corrected chi connectivity index (χ3v) is 4.26. The van der Waals surface area contributed by atoms with E-state index in [0.717, 1.165) is 30.5 Å². The summed E-state index contributed by atoms with van der Waals surface area (Å²) in [5.41, 5.74) is 2.24. The van der Waals surface area contributed by atoms with Gasteiger partial charge in [-0.2, -0.15) is 0 Å². The number of hydrogen-bond donors (Lipinski definition) is 3. The lowest BCUT2D eigenvalue weighted by Gasteiger charge is -2.21. The van der Waals surface area contributed by atoms with Crippen molar-refractivity contribution in [3.8, 4) is 0 Å². The molecule has 3 heterocycles. The fourth-order valence-corrected chi connectivity index (χ4v) is 3.14.